The highest BCUT2D eigenvalue weighted by molar-refractivity contribution is 9.10. The summed E-state index contributed by atoms with van der Waals surface area (Å²) >= 11 is 2.91. The smallest absolute Gasteiger partial charge is 0.237 e. The van der Waals surface area contributed by atoms with E-state index in [2.05, 4.69) is 26.5 Å². The molecule has 0 heterocycles. The van der Waals surface area contributed by atoms with Gasteiger partial charge in [0.05, 0.1) is 0 Å². The van der Waals surface area contributed by atoms with Gasteiger partial charge in [-0.25, -0.2) is 8.78 Å². The topological polar surface area (TPSA) is 72.0 Å². The van der Waals surface area contributed by atoms with Crippen LogP contribution in [0.3, 0.4) is 0 Å². The Labute approximate surface area is 97.9 Å². The lowest BCUT2D eigenvalue weighted by Gasteiger charge is -2.04. The number of rotatable bonds is 2. The summed E-state index contributed by atoms with van der Waals surface area (Å²) in [7, 11) is 0. The van der Waals surface area contributed by atoms with Gasteiger partial charge in [-0.1, -0.05) is 0 Å². The molecule has 0 aliphatic rings. The molecule has 16 heavy (non-hydrogen) atoms. The first-order chi connectivity index (χ1) is 7.58. The second-order valence-electron chi connectivity index (χ2n) is 2.54. The molecule has 4 nitrogen and oxygen atoms in total. The molecule has 0 saturated heterocycles. The molecule has 0 aliphatic carbocycles. The summed E-state index contributed by atoms with van der Waals surface area (Å²) in [5, 5.41) is 20.1. The molecule has 0 radical (unpaired) electrons. The van der Waals surface area contributed by atoms with Crippen LogP contribution >= 0.6 is 15.9 Å². The fourth-order valence-corrected chi connectivity index (χ4v) is 1.33. The van der Waals surface area contributed by atoms with E-state index >= 15 is 0 Å². The van der Waals surface area contributed by atoms with Crippen molar-refractivity contribution in [2.45, 2.75) is 0 Å². The molecular weight excluding hydrogens is 282 g/mol. The average Bonchev–Trinajstić information content (AvgIpc) is 2.22. The van der Waals surface area contributed by atoms with Crippen LogP contribution in [0.5, 0.6) is 0 Å². The Balaban J connectivity index is 3.05. The monoisotopic (exact) mass is 284 g/mol. The van der Waals surface area contributed by atoms with Crippen molar-refractivity contribution in [3.05, 3.63) is 28.2 Å². The molecular formula is C9H3BrF2N4. The number of nitriles is 2. The Morgan fingerprint density at radius 1 is 1.31 bits per heavy atom. The number of nitrogens with zero attached hydrogens (tertiary/aromatic N) is 3. The number of anilines is 1. The Bertz CT molecular complexity index is 488. The molecule has 80 valence electrons. The molecule has 1 aromatic carbocycles. The van der Waals surface area contributed by atoms with Crippen LogP contribution in [0.25, 0.3) is 0 Å². The van der Waals surface area contributed by atoms with E-state index in [1.165, 1.54) is 12.1 Å². The van der Waals surface area contributed by atoms with Crippen molar-refractivity contribution in [3.8, 4) is 12.1 Å². The molecule has 0 spiro atoms. The Kier molecular flexibility index (Phi) is 3.92. The highest BCUT2D eigenvalue weighted by Crippen LogP contribution is 2.26. The van der Waals surface area contributed by atoms with Gasteiger partial charge in [-0.15, -0.1) is 0 Å². The molecule has 0 atom stereocenters. The number of nitrogens with one attached hydrogen (secondary N) is 1. The van der Waals surface area contributed by atoms with E-state index in [-0.39, 0.29) is 10.2 Å². The number of hydrogen-bond donors (Lipinski definition) is 1. The molecule has 0 aliphatic heterocycles. The zero-order valence-corrected chi connectivity index (χ0v) is 9.22. The van der Waals surface area contributed by atoms with Crippen LogP contribution in [0.2, 0.25) is 0 Å². The van der Waals surface area contributed by atoms with Crippen LogP contribution in [0.15, 0.2) is 21.7 Å². The Morgan fingerprint density at radius 3 is 2.44 bits per heavy atom. The van der Waals surface area contributed by atoms with Crippen molar-refractivity contribution in [1.29, 1.82) is 10.5 Å². The zero-order chi connectivity index (χ0) is 12.1. The minimum atomic E-state index is -0.883. The lowest BCUT2D eigenvalue weighted by atomic mass is 10.3. The minimum Gasteiger partial charge on any atom is -0.272 e. The average molecular weight is 285 g/mol. The van der Waals surface area contributed by atoms with Gasteiger partial charge in [-0.2, -0.15) is 15.6 Å². The summed E-state index contributed by atoms with van der Waals surface area (Å²) in [5.41, 5.74) is 1.55. The second kappa shape index (κ2) is 5.19. The lowest BCUT2D eigenvalue weighted by Crippen LogP contribution is -1.99. The first kappa shape index (κ1) is 12.1. The van der Waals surface area contributed by atoms with Gasteiger partial charge < -0.3 is 0 Å². The van der Waals surface area contributed by atoms with Crippen LogP contribution in [0, 0.1) is 34.3 Å². The maximum absolute atomic E-state index is 13.2. The maximum atomic E-state index is 13.2. The zero-order valence-electron chi connectivity index (χ0n) is 7.63. The molecule has 0 fully saturated rings. The summed E-state index contributed by atoms with van der Waals surface area (Å²) in [5.74, 6) is -1.63. The van der Waals surface area contributed by atoms with E-state index in [0.717, 1.165) is 6.07 Å². The Morgan fingerprint density at radius 2 is 1.94 bits per heavy atom. The summed E-state index contributed by atoms with van der Waals surface area (Å²) in [6, 6.07) is 4.65. The van der Waals surface area contributed by atoms with Gasteiger partial charge >= 0.3 is 0 Å². The summed E-state index contributed by atoms with van der Waals surface area (Å²) in [4.78, 5) is 0. The van der Waals surface area contributed by atoms with Gasteiger partial charge in [0.1, 0.15) is 23.6 Å². The molecule has 7 heteroatoms. The maximum Gasteiger partial charge on any atom is 0.237 e. The quantitative estimate of drug-likeness (QED) is 0.670. The predicted molar refractivity (Wildman–Crippen MR) is 56.3 cm³/mol. The molecule has 1 aromatic rings. The third-order valence-electron chi connectivity index (χ3n) is 1.50. The van der Waals surface area contributed by atoms with Gasteiger partial charge in [-0.3, -0.25) is 5.43 Å². The largest absolute Gasteiger partial charge is 0.272 e. The summed E-state index contributed by atoms with van der Waals surface area (Å²) in [6.07, 6.45) is 0. The van der Waals surface area contributed by atoms with E-state index in [0.29, 0.717) is 6.07 Å². The van der Waals surface area contributed by atoms with E-state index < -0.39 is 17.3 Å². The highest BCUT2D eigenvalue weighted by Gasteiger charge is 2.09. The van der Waals surface area contributed by atoms with Crippen LogP contribution in [0.1, 0.15) is 0 Å². The van der Waals surface area contributed by atoms with E-state index in [4.69, 9.17) is 10.5 Å². The fourth-order valence-electron chi connectivity index (χ4n) is 0.836. The van der Waals surface area contributed by atoms with Crippen molar-refractivity contribution in [3.63, 3.8) is 0 Å². The molecule has 1 N–H and O–H groups in total. The molecule has 0 aromatic heterocycles. The van der Waals surface area contributed by atoms with E-state index in [1.807, 2.05) is 0 Å². The first-order valence-electron chi connectivity index (χ1n) is 3.87. The van der Waals surface area contributed by atoms with Crippen LogP contribution in [-0.4, -0.2) is 5.71 Å². The number of hydrogen-bond acceptors (Lipinski definition) is 4. The van der Waals surface area contributed by atoms with Crippen molar-refractivity contribution in [2.24, 2.45) is 5.10 Å². The van der Waals surface area contributed by atoms with Crippen LogP contribution in [0.4, 0.5) is 14.5 Å². The third kappa shape index (κ3) is 2.75. The summed E-state index contributed by atoms with van der Waals surface area (Å²) < 4.78 is 26.0. The van der Waals surface area contributed by atoms with E-state index in [9.17, 15) is 8.78 Å². The minimum absolute atomic E-state index is 0.101. The van der Waals surface area contributed by atoms with Gasteiger partial charge in [0.15, 0.2) is 5.82 Å². The molecule has 0 saturated carbocycles. The van der Waals surface area contributed by atoms with Gasteiger partial charge in [-0.05, 0) is 22.0 Å². The normalized spacial score (nSPS) is 8.81. The lowest BCUT2D eigenvalue weighted by molar-refractivity contribution is 0.584. The summed E-state index contributed by atoms with van der Waals surface area (Å²) in [6.45, 7) is 0. The predicted octanol–water partition coefficient (Wildman–Crippen LogP) is 2.54. The van der Waals surface area contributed by atoms with Gasteiger partial charge in [0.2, 0.25) is 5.71 Å². The number of halogens is 3. The van der Waals surface area contributed by atoms with Gasteiger partial charge in [0.25, 0.3) is 0 Å². The fraction of sp³-hybridized carbons (Fsp3) is 0. The number of benzene rings is 1. The molecule has 0 unspecified atom stereocenters. The van der Waals surface area contributed by atoms with Crippen molar-refractivity contribution < 1.29 is 8.78 Å². The molecule has 0 bridgehead atoms. The standard InChI is InChI=1S/C9H3BrF2N4/c10-7-1-5(11)2-8(12)9(7)16-15-6(3-13)4-14/h1-2,16H. The molecule has 0 amide bonds. The highest BCUT2D eigenvalue weighted by atomic mass is 79.9. The SMILES string of the molecule is N#CC(C#N)=NNc1c(F)cc(F)cc1Br. The van der Waals surface area contributed by atoms with Crippen molar-refractivity contribution in [1.82, 2.24) is 0 Å². The van der Waals surface area contributed by atoms with Crippen LogP contribution < -0.4 is 5.43 Å². The second-order valence-corrected chi connectivity index (χ2v) is 3.39. The van der Waals surface area contributed by atoms with Crippen molar-refractivity contribution in [2.75, 3.05) is 5.43 Å². The first-order valence-corrected chi connectivity index (χ1v) is 4.66. The third-order valence-corrected chi connectivity index (χ3v) is 2.12. The van der Waals surface area contributed by atoms with Crippen molar-refractivity contribution >= 4 is 27.3 Å². The van der Waals surface area contributed by atoms with Crippen LogP contribution in [-0.2, 0) is 0 Å². The number of hydrazone groups is 1. The molecule has 1 rings (SSSR count). The van der Waals surface area contributed by atoms with Gasteiger partial charge in [0, 0.05) is 10.5 Å². The Hall–Kier alpha value is -1.99. The van der Waals surface area contributed by atoms with E-state index in [1.54, 1.807) is 0 Å².